The number of benzene rings is 2. The molecule has 0 amide bonds. The van der Waals surface area contributed by atoms with Gasteiger partial charge in [-0.3, -0.25) is 20.2 Å². The Kier molecular flexibility index (Phi) is 5.02. The molecule has 10 nitrogen and oxygen atoms in total. The number of nitrogens with zero attached hydrogens (tertiary/aromatic N) is 4. The molecule has 0 saturated carbocycles. The zero-order valence-corrected chi connectivity index (χ0v) is 13.8. The molecule has 1 heterocycles. The number of anilines is 4. The Labute approximate surface area is 155 Å². The molecule has 0 saturated heterocycles. The topological polar surface area (TPSA) is 136 Å². The molecule has 2 aromatic carbocycles. The summed E-state index contributed by atoms with van der Waals surface area (Å²) in [6, 6.07) is 8.14. The minimum Gasteiger partial charge on any atom is -0.334 e. The van der Waals surface area contributed by atoms with Crippen LogP contribution in [0.2, 0.25) is 0 Å². The third kappa shape index (κ3) is 3.95. The van der Waals surface area contributed by atoms with Crippen LogP contribution in [0, 0.1) is 31.9 Å². The first kappa shape index (κ1) is 18.6. The van der Waals surface area contributed by atoms with E-state index in [1.54, 1.807) is 0 Å². The second-order valence-electron chi connectivity index (χ2n) is 5.36. The average Bonchev–Trinajstić information content (AvgIpc) is 2.65. The number of halogens is 2. The molecule has 12 heteroatoms. The first-order chi connectivity index (χ1) is 13.3. The summed E-state index contributed by atoms with van der Waals surface area (Å²) >= 11 is 0. The van der Waals surface area contributed by atoms with Gasteiger partial charge in [-0.05, 0) is 18.2 Å². The van der Waals surface area contributed by atoms with Crippen molar-refractivity contribution < 1.29 is 18.6 Å². The molecule has 0 radical (unpaired) electrons. The van der Waals surface area contributed by atoms with Crippen LogP contribution in [0.15, 0.2) is 48.8 Å². The van der Waals surface area contributed by atoms with Gasteiger partial charge in [0.15, 0.2) is 11.6 Å². The van der Waals surface area contributed by atoms with Crippen LogP contribution in [-0.4, -0.2) is 19.8 Å². The molecule has 0 aliphatic heterocycles. The molecule has 2 N–H and O–H groups in total. The van der Waals surface area contributed by atoms with Gasteiger partial charge in [0.2, 0.25) is 11.6 Å². The van der Waals surface area contributed by atoms with E-state index < -0.39 is 27.2 Å². The van der Waals surface area contributed by atoms with Crippen molar-refractivity contribution in [2.45, 2.75) is 0 Å². The summed E-state index contributed by atoms with van der Waals surface area (Å²) in [5, 5.41) is 27.5. The Morgan fingerprint density at radius 2 is 1.46 bits per heavy atom. The highest BCUT2D eigenvalue weighted by molar-refractivity contribution is 5.77. The van der Waals surface area contributed by atoms with Gasteiger partial charge in [0.1, 0.15) is 6.33 Å². The van der Waals surface area contributed by atoms with Crippen LogP contribution < -0.4 is 10.6 Å². The number of aromatic nitrogens is 2. The zero-order valence-electron chi connectivity index (χ0n) is 13.8. The zero-order chi connectivity index (χ0) is 20.3. The lowest BCUT2D eigenvalue weighted by atomic mass is 10.2. The van der Waals surface area contributed by atoms with Gasteiger partial charge in [-0.25, -0.2) is 18.7 Å². The standard InChI is InChI=1S/C16H10F2N6O4/c17-12-5-4-10(7-13(12)18)22-16-14(24(27)28)15(19-8-20-16)21-9-2-1-3-11(6-9)23(25)26/h1-8H,(H2,19,20,21,22). The summed E-state index contributed by atoms with van der Waals surface area (Å²) < 4.78 is 26.4. The van der Waals surface area contributed by atoms with Crippen molar-refractivity contribution in [3.05, 3.63) is 80.7 Å². The Morgan fingerprint density at radius 3 is 2.04 bits per heavy atom. The molecular formula is C16H10F2N6O4. The second-order valence-corrected chi connectivity index (χ2v) is 5.36. The van der Waals surface area contributed by atoms with E-state index in [2.05, 4.69) is 20.6 Å². The van der Waals surface area contributed by atoms with Gasteiger partial charge in [-0.2, -0.15) is 0 Å². The lowest BCUT2D eigenvalue weighted by molar-refractivity contribution is -0.384. The molecule has 0 spiro atoms. The van der Waals surface area contributed by atoms with Crippen molar-refractivity contribution in [2.75, 3.05) is 10.6 Å². The fourth-order valence-electron chi connectivity index (χ4n) is 2.28. The number of nitrogens with one attached hydrogen (secondary N) is 2. The van der Waals surface area contributed by atoms with E-state index in [4.69, 9.17) is 0 Å². The first-order valence-electron chi connectivity index (χ1n) is 7.58. The number of hydrogen-bond donors (Lipinski definition) is 2. The molecule has 0 fully saturated rings. The molecule has 3 rings (SSSR count). The van der Waals surface area contributed by atoms with Gasteiger partial charge in [0.25, 0.3) is 5.69 Å². The predicted molar refractivity (Wildman–Crippen MR) is 94.7 cm³/mol. The largest absolute Gasteiger partial charge is 0.353 e. The fourth-order valence-corrected chi connectivity index (χ4v) is 2.28. The summed E-state index contributed by atoms with van der Waals surface area (Å²) in [6.07, 6.45) is 1.01. The molecule has 0 unspecified atom stereocenters. The highest BCUT2D eigenvalue weighted by Crippen LogP contribution is 2.33. The number of nitro groups is 2. The number of hydrogen-bond acceptors (Lipinski definition) is 8. The summed E-state index contributed by atoms with van der Waals surface area (Å²) in [5.74, 6) is -2.74. The normalized spacial score (nSPS) is 10.4. The van der Waals surface area contributed by atoms with Crippen molar-refractivity contribution >= 4 is 34.4 Å². The number of rotatable bonds is 6. The minimum atomic E-state index is -1.14. The van der Waals surface area contributed by atoms with Crippen molar-refractivity contribution in [1.29, 1.82) is 0 Å². The van der Waals surface area contributed by atoms with Crippen LogP contribution in [0.1, 0.15) is 0 Å². The van der Waals surface area contributed by atoms with E-state index in [1.165, 1.54) is 30.3 Å². The van der Waals surface area contributed by atoms with E-state index in [0.29, 0.717) is 0 Å². The molecular weight excluding hydrogens is 378 g/mol. The van der Waals surface area contributed by atoms with Crippen molar-refractivity contribution in [3.8, 4) is 0 Å². The highest BCUT2D eigenvalue weighted by Gasteiger charge is 2.24. The SMILES string of the molecule is O=[N+]([O-])c1cccc(Nc2ncnc(Nc3ccc(F)c(F)c3)c2[N+](=O)[O-])c1. The van der Waals surface area contributed by atoms with Crippen molar-refractivity contribution in [2.24, 2.45) is 0 Å². The molecule has 0 aliphatic rings. The van der Waals surface area contributed by atoms with Crippen molar-refractivity contribution in [3.63, 3.8) is 0 Å². The quantitative estimate of drug-likeness (QED) is 0.476. The molecule has 0 bridgehead atoms. The second kappa shape index (κ2) is 7.57. The predicted octanol–water partition coefficient (Wildman–Crippen LogP) is 4.06. The molecule has 1 aromatic heterocycles. The van der Waals surface area contributed by atoms with Crippen LogP contribution in [0.5, 0.6) is 0 Å². The lowest BCUT2D eigenvalue weighted by Crippen LogP contribution is -2.06. The molecule has 0 atom stereocenters. The van der Waals surface area contributed by atoms with Gasteiger partial charge < -0.3 is 10.6 Å². The number of non-ortho nitro benzene ring substituents is 1. The van der Waals surface area contributed by atoms with E-state index in [0.717, 1.165) is 18.5 Å². The minimum absolute atomic E-state index is 0.0296. The third-order valence-corrected chi connectivity index (χ3v) is 3.51. The van der Waals surface area contributed by atoms with Gasteiger partial charge >= 0.3 is 5.69 Å². The summed E-state index contributed by atoms with van der Waals surface area (Å²) in [4.78, 5) is 28.6. The number of nitro benzene ring substituents is 1. The molecule has 0 aliphatic carbocycles. The maximum Gasteiger partial charge on any atom is 0.353 e. The van der Waals surface area contributed by atoms with E-state index >= 15 is 0 Å². The van der Waals surface area contributed by atoms with Gasteiger partial charge in [-0.15, -0.1) is 0 Å². The summed E-state index contributed by atoms with van der Waals surface area (Å²) in [5.41, 5.74) is -0.586. The van der Waals surface area contributed by atoms with Gasteiger partial charge in [0.05, 0.1) is 9.85 Å². The van der Waals surface area contributed by atoms with Crippen LogP contribution in [-0.2, 0) is 0 Å². The Hall–Kier alpha value is -4.22. The van der Waals surface area contributed by atoms with E-state index in [1.807, 2.05) is 0 Å². The maximum atomic E-state index is 13.4. The summed E-state index contributed by atoms with van der Waals surface area (Å²) in [7, 11) is 0. The van der Waals surface area contributed by atoms with Crippen LogP contribution >= 0.6 is 0 Å². The van der Waals surface area contributed by atoms with Crippen LogP contribution in [0.4, 0.5) is 43.2 Å². The highest BCUT2D eigenvalue weighted by atomic mass is 19.2. The smallest absolute Gasteiger partial charge is 0.334 e. The third-order valence-electron chi connectivity index (χ3n) is 3.51. The van der Waals surface area contributed by atoms with Crippen molar-refractivity contribution in [1.82, 2.24) is 9.97 Å². The van der Waals surface area contributed by atoms with Gasteiger partial charge in [-0.1, -0.05) is 6.07 Å². The fraction of sp³-hybridized carbons (Fsp3) is 0. The average molecular weight is 388 g/mol. The monoisotopic (exact) mass is 388 g/mol. The molecule has 142 valence electrons. The lowest BCUT2D eigenvalue weighted by Gasteiger charge is -2.10. The van der Waals surface area contributed by atoms with Crippen LogP contribution in [0.25, 0.3) is 0 Å². The van der Waals surface area contributed by atoms with E-state index in [-0.39, 0.29) is 28.7 Å². The Morgan fingerprint density at radius 1 is 0.821 bits per heavy atom. The van der Waals surface area contributed by atoms with E-state index in [9.17, 15) is 29.0 Å². The van der Waals surface area contributed by atoms with Gasteiger partial charge in [0, 0.05) is 29.6 Å². The Balaban J connectivity index is 1.97. The molecule has 3 aromatic rings. The maximum absolute atomic E-state index is 13.4. The van der Waals surface area contributed by atoms with Crippen LogP contribution in [0.3, 0.4) is 0 Å². The summed E-state index contributed by atoms with van der Waals surface area (Å²) in [6.45, 7) is 0. The Bertz CT molecular complexity index is 1080. The molecule has 28 heavy (non-hydrogen) atoms. The first-order valence-corrected chi connectivity index (χ1v) is 7.58.